The SMILES string of the molecule is CN(C)C(c1cnc[nH]1)c1nc(CCN)cs1. The summed E-state index contributed by atoms with van der Waals surface area (Å²) in [6.45, 7) is 0.639. The van der Waals surface area contributed by atoms with Gasteiger partial charge in [0.25, 0.3) is 0 Å². The van der Waals surface area contributed by atoms with E-state index >= 15 is 0 Å². The molecule has 2 heterocycles. The van der Waals surface area contributed by atoms with Gasteiger partial charge in [-0.3, -0.25) is 4.90 Å². The zero-order chi connectivity index (χ0) is 12.3. The van der Waals surface area contributed by atoms with Crippen LogP contribution in [0.4, 0.5) is 0 Å². The fourth-order valence-corrected chi connectivity index (χ4v) is 2.82. The van der Waals surface area contributed by atoms with Crippen LogP contribution in [-0.2, 0) is 6.42 Å². The number of nitrogens with zero attached hydrogens (tertiary/aromatic N) is 3. The van der Waals surface area contributed by atoms with Crippen molar-refractivity contribution in [2.24, 2.45) is 5.73 Å². The molecule has 0 bridgehead atoms. The molecule has 0 aliphatic heterocycles. The number of nitrogens with one attached hydrogen (secondary N) is 1. The Bertz CT molecular complexity index is 448. The smallest absolute Gasteiger partial charge is 0.116 e. The number of aromatic nitrogens is 3. The molecule has 2 rings (SSSR count). The van der Waals surface area contributed by atoms with E-state index in [2.05, 4.69) is 25.2 Å². The lowest BCUT2D eigenvalue weighted by Crippen LogP contribution is -2.21. The van der Waals surface area contributed by atoms with Crippen molar-refractivity contribution in [3.63, 3.8) is 0 Å². The second-order valence-corrected chi connectivity index (χ2v) is 4.98. The maximum atomic E-state index is 5.54. The standard InChI is InChI=1S/C11H17N5S/c1-16(2)10(9-5-13-7-14-9)11-15-8(3-4-12)6-17-11/h5-7,10H,3-4,12H2,1-2H3,(H,13,14). The molecule has 0 spiro atoms. The van der Waals surface area contributed by atoms with Gasteiger partial charge in [0.2, 0.25) is 0 Å². The van der Waals surface area contributed by atoms with Crippen LogP contribution in [0.1, 0.15) is 22.4 Å². The third-order valence-electron chi connectivity index (χ3n) is 2.53. The number of rotatable bonds is 5. The monoisotopic (exact) mass is 251 g/mol. The van der Waals surface area contributed by atoms with Crippen molar-refractivity contribution in [3.05, 3.63) is 34.3 Å². The number of imidazole rings is 1. The molecule has 0 aliphatic rings. The number of nitrogens with two attached hydrogens (primary N) is 1. The van der Waals surface area contributed by atoms with Crippen molar-refractivity contribution in [3.8, 4) is 0 Å². The molecule has 0 saturated carbocycles. The van der Waals surface area contributed by atoms with Crippen LogP contribution in [0.5, 0.6) is 0 Å². The lowest BCUT2D eigenvalue weighted by Gasteiger charge is -2.20. The van der Waals surface area contributed by atoms with Gasteiger partial charge in [0, 0.05) is 18.0 Å². The zero-order valence-electron chi connectivity index (χ0n) is 10.1. The summed E-state index contributed by atoms with van der Waals surface area (Å²) in [6.07, 6.45) is 4.37. The number of hydrogen-bond donors (Lipinski definition) is 2. The van der Waals surface area contributed by atoms with Crippen LogP contribution in [-0.4, -0.2) is 40.5 Å². The van der Waals surface area contributed by atoms with Gasteiger partial charge < -0.3 is 10.7 Å². The highest BCUT2D eigenvalue weighted by molar-refractivity contribution is 7.09. The minimum atomic E-state index is 0.133. The molecule has 0 saturated heterocycles. The van der Waals surface area contributed by atoms with Gasteiger partial charge in [-0.1, -0.05) is 0 Å². The second-order valence-electron chi connectivity index (χ2n) is 4.09. The third-order valence-corrected chi connectivity index (χ3v) is 3.48. The van der Waals surface area contributed by atoms with Crippen LogP contribution in [0.15, 0.2) is 17.9 Å². The number of hydrogen-bond acceptors (Lipinski definition) is 5. The lowest BCUT2D eigenvalue weighted by atomic mass is 10.2. The average Bonchev–Trinajstić information content (AvgIpc) is 2.91. The van der Waals surface area contributed by atoms with Crippen molar-refractivity contribution in [2.75, 3.05) is 20.6 Å². The first-order chi connectivity index (χ1) is 8.22. The Balaban J connectivity index is 2.26. The van der Waals surface area contributed by atoms with Crippen LogP contribution < -0.4 is 5.73 Å². The molecule has 92 valence electrons. The van der Waals surface area contributed by atoms with Crippen molar-refractivity contribution in [1.82, 2.24) is 19.9 Å². The summed E-state index contributed by atoms with van der Waals surface area (Å²) < 4.78 is 0. The molecule has 6 heteroatoms. The van der Waals surface area contributed by atoms with Crippen molar-refractivity contribution in [2.45, 2.75) is 12.5 Å². The Morgan fingerprint density at radius 1 is 1.53 bits per heavy atom. The molecule has 0 amide bonds. The molecule has 2 aromatic heterocycles. The second kappa shape index (κ2) is 5.39. The highest BCUT2D eigenvalue weighted by Crippen LogP contribution is 2.27. The van der Waals surface area contributed by atoms with Gasteiger partial charge in [-0.25, -0.2) is 9.97 Å². The van der Waals surface area contributed by atoms with Gasteiger partial charge in [-0.05, 0) is 20.6 Å². The fourth-order valence-electron chi connectivity index (χ4n) is 1.76. The van der Waals surface area contributed by atoms with E-state index in [0.29, 0.717) is 6.54 Å². The Hall–Kier alpha value is -1.24. The maximum Gasteiger partial charge on any atom is 0.116 e. The first-order valence-electron chi connectivity index (χ1n) is 5.51. The van der Waals surface area contributed by atoms with Crippen LogP contribution in [0, 0.1) is 0 Å². The minimum Gasteiger partial charge on any atom is -0.347 e. The van der Waals surface area contributed by atoms with Gasteiger partial charge in [0.15, 0.2) is 0 Å². The van der Waals surface area contributed by atoms with Gasteiger partial charge in [0.1, 0.15) is 11.0 Å². The van der Waals surface area contributed by atoms with Crippen LogP contribution in [0.3, 0.4) is 0 Å². The largest absolute Gasteiger partial charge is 0.347 e. The number of thiazole rings is 1. The average molecular weight is 251 g/mol. The Labute approximate surface area is 105 Å². The third kappa shape index (κ3) is 2.71. The first kappa shape index (κ1) is 12.2. The van der Waals surface area contributed by atoms with E-state index < -0.39 is 0 Å². The molecule has 0 aliphatic carbocycles. The molecule has 0 radical (unpaired) electrons. The Kier molecular flexibility index (Phi) is 3.88. The lowest BCUT2D eigenvalue weighted by molar-refractivity contribution is 0.336. The molecule has 1 unspecified atom stereocenters. The van der Waals surface area contributed by atoms with Gasteiger partial charge >= 0.3 is 0 Å². The Morgan fingerprint density at radius 3 is 2.94 bits per heavy atom. The van der Waals surface area contributed by atoms with Gasteiger partial charge in [0.05, 0.1) is 17.7 Å². The summed E-state index contributed by atoms with van der Waals surface area (Å²) in [5, 5.41) is 3.15. The fraction of sp³-hybridized carbons (Fsp3) is 0.455. The molecule has 0 aromatic carbocycles. The molecule has 5 nitrogen and oxygen atoms in total. The maximum absolute atomic E-state index is 5.54. The molecule has 1 atom stereocenters. The summed E-state index contributed by atoms with van der Waals surface area (Å²) >= 11 is 1.67. The van der Waals surface area contributed by atoms with E-state index in [9.17, 15) is 0 Å². The van der Waals surface area contributed by atoms with Crippen molar-refractivity contribution >= 4 is 11.3 Å². The predicted molar refractivity (Wildman–Crippen MR) is 69.0 cm³/mol. The van der Waals surface area contributed by atoms with E-state index in [4.69, 9.17) is 5.73 Å². The normalized spacial score (nSPS) is 13.2. The highest BCUT2D eigenvalue weighted by Gasteiger charge is 2.21. The van der Waals surface area contributed by atoms with Crippen LogP contribution in [0.2, 0.25) is 0 Å². The van der Waals surface area contributed by atoms with Crippen LogP contribution >= 0.6 is 11.3 Å². The van der Waals surface area contributed by atoms with Crippen molar-refractivity contribution in [1.29, 1.82) is 0 Å². The summed E-state index contributed by atoms with van der Waals surface area (Å²) in [4.78, 5) is 14.0. The zero-order valence-corrected chi connectivity index (χ0v) is 10.9. The Morgan fingerprint density at radius 2 is 2.35 bits per heavy atom. The summed E-state index contributed by atoms with van der Waals surface area (Å²) in [7, 11) is 4.07. The predicted octanol–water partition coefficient (Wildman–Crippen LogP) is 1.02. The highest BCUT2D eigenvalue weighted by atomic mass is 32.1. The number of aromatic amines is 1. The van der Waals surface area contributed by atoms with Crippen LogP contribution in [0.25, 0.3) is 0 Å². The molecule has 2 aromatic rings. The van der Waals surface area contributed by atoms with E-state index in [1.54, 1.807) is 17.7 Å². The summed E-state index contributed by atoms with van der Waals surface area (Å²) in [6, 6.07) is 0.133. The summed E-state index contributed by atoms with van der Waals surface area (Å²) in [5.74, 6) is 0. The van der Waals surface area contributed by atoms with Gasteiger partial charge in [-0.15, -0.1) is 11.3 Å². The minimum absolute atomic E-state index is 0.133. The molecule has 17 heavy (non-hydrogen) atoms. The van der Waals surface area contributed by atoms with Crippen molar-refractivity contribution < 1.29 is 0 Å². The van der Waals surface area contributed by atoms with E-state index in [-0.39, 0.29) is 6.04 Å². The van der Waals surface area contributed by atoms with E-state index in [1.807, 2.05) is 20.3 Å². The van der Waals surface area contributed by atoms with Gasteiger partial charge in [-0.2, -0.15) is 0 Å². The molecular formula is C11H17N5S. The first-order valence-corrected chi connectivity index (χ1v) is 6.39. The summed E-state index contributed by atoms with van der Waals surface area (Å²) in [5.41, 5.74) is 7.67. The topological polar surface area (TPSA) is 70.8 Å². The quantitative estimate of drug-likeness (QED) is 0.832. The molecule has 3 N–H and O–H groups in total. The van der Waals surface area contributed by atoms with E-state index in [1.165, 1.54) is 0 Å². The van der Waals surface area contributed by atoms with E-state index in [0.717, 1.165) is 22.8 Å². The number of H-pyrrole nitrogens is 1. The molecular weight excluding hydrogens is 234 g/mol. The molecule has 0 fully saturated rings.